The molecule has 0 aromatic carbocycles. The van der Waals surface area contributed by atoms with E-state index in [1.165, 1.54) is 12.4 Å². The van der Waals surface area contributed by atoms with Crippen LogP contribution in [0.3, 0.4) is 0 Å². The van der Waals surface area contributed by atoms with Crippen LogP contribution >= 0.6 is 0 Å². The molecule has 0 N–H and O–H groups in total. The summed E-state index contributed by atoms with van der Waals surface area (Å²) in [5.41, 5.74) is 2.03. The van der Waals surface area contributed by atoms with Gasteiger partial charge in [0, 0.05) is 51.5 Å². The monoisotopic (exact) mass is 368 g/mol. The van der Waals surface area contributed by atoms with Crippen LogP contribution in [0, 0.1) is 0 Å². The molecule has 0 aliphatic heterocycles. The Morgan fingerprint density at radius 1 is 0.889 bits per heavy atom. The molecule has 0 saturated heterocycles. The normalized spacial score (nSPS) is 10.5. The first kappa shape index (κ1) is 20.6. The van der Waals surface area contributed by atoms with Crippen LogP contribution in [0.25, 0.3) is 0 Å². The number of pyridine rings is 2. The highest BCUT2D eigenvalue weighted by Gasteiger charge is 2.18. The van der Waals surface area contributed by atoms with E-state index in [2.05, 4.69) is 9.97 Å². The molecule has 2 heterocycles. The number of carbonyl (C=O) groups excluding carboxylic acids is 2. The molecule has 2 amide bonds. The lowest BCUT2D eigenvalue weighted by atomic mass is 10.1. The largest absolute Gasteiger partial charge is 0.341 e. The first-order valence-corrected chi connectivity index (χ1v) is 9.45. The average Bonchev–Trinajstić information content (AvgIpc) is 2.71. The predicted molar refractivity (Wildman–Crippen MR) is 106 cm³/mol. The van der Waals surface area contributed by atoms with Crippen molar-refractivity contribution in [3.05, 3.63) is 59.7 Å². The summed E-state index contributed by atoms with van der Waals surface area (Å²) in [5.74, 6) is -0.205. The van der Waals surface area contributed by atoms with Gasteiger partial charge in [0.15, 0.2) is 0 Å². The molecule has 2 rings (SSSR count). The molecule has 2 aromatic heterocycles. The maximum Gasteiger partial charge on any atom is 0.255 e. The molecule has 27 heavy (non-hydrogen) atoms. The molecule has 0 saturated carbocycles. The van der Waals surface area contributed by atoms with Crippen molar-refractivity contribution in [2.24, 2.45) is 0 Å². The van der Waals surface area contributed by atoms with Gasteiger partial charge in [0.25, 0.3) is 11.8 Å². The topological polar surface area (TPSA) is 66.4 Å². The molecule has 144 valence electrons. The Morgan fingerprint density at radius 2 is 1.48 bits per heavy atom. The lowest BCUT2D eigenvalue weighted by Crippen LogP contribution is -2.33. The van der Waals surface area contributed by atoms with E-state index < -0.39 is 0 Å². The smallest absolute Gasteiger partial charge is 0.255 e. The highest BCUT2D eigenvalue weighted by atomic mass is 16.2. The number of hydrogen-bond donors (Lipinski definition) is 0. The second kappa shape index (κ2) is 10.4. The van der Waals surface area contributed by atoms with Gasteiger partial charge in [-0.15, -0.1) is 0 Å². The summed E-state index contributed by atoms with van der Waals surface area (Å²) >= 11 is 0. The van der Waals surface area contributed by atoms with Gasteiger partial charge in [0.1, 0.15) is 0 Å². The van der Waals surface area contributed by atoms with E-state index in [0.717, 1.165) is 24.8 Å². The van der Waals surface area contributed by atoms with Gasteiger partial charge in [-0.25, -0.2) is 0 Å². The number of aromatic nitrogens is 2. The summed E-state index contributed by atoms with van der Waals surface area (Å²) in [6, 6.07) is 5.53. The Morgan fingerprint density at radius 3 is 2.07 bits per heavy atom. The molecule has 0 spiro atoms. The fourth-order valence-electron chi connectivity index (χ4n) is 2.88. The van der Waals surface area contributed by atoms with Crippen molar-refractivity contribution in [3.63, 3.8) is 0 Å². The van der Waals surface area contributed by atoms with E-state index in [9.17, 15) is 9.59 Å². The summed E-state index contributed by atoms with van der Waals surface area (Å²) < 4.78 is 0. The van der Waals surface area contributed by atoms with Gasteiger partial charge in [0.05, 0.1) is 11.1 Å². The summed E-state index contributed by atoms with van der Waals surface area (Å²) in [6.07, 6.45) is 9.09. The zero-order valence-corrected chi connectivity index (χ0v) is 16.4. The fraction of sp³-hybridized carbons (Fsp3) is 0.429. The second-order valence-electron chi connectivity index (χ2n) is 6.59. The van der Waals surface area contributed by atoms with Crippen LogP contribution in [-0.4, -0.2) is 58.3 Å². The molecule has 6 heteroatoms. The second-order valence-corrected chi connectivity index (χ2v) is 6.59. The van der Waals surface area contributed by atoms with Crippen molar-refractivity contribution in [2.75, 3.05) is 26.7 Å². The van der Waals surface area contributed by atoms with Crippen molar-refractivity contribution in [1.29, 1.82) is 0 Å². The SMILES string of the molecule is CCCN(CCC)C(=O)c1cncc(C(=O)N(C)CCc2ccncc2)c1. The third-order valence-corrected chi connectivity index (χ3v) is 4.34. The van der Waals surface area contributed by atoms with E-state index in [-0.39, 0.29) is 11.8 Å². The number of rotatable bonds is 9. The number of amides is 2. The zero-order chi connectivity index (χ0) is 19.6. The lowest BCUT2D eigenvalue weighted by molar-refractivity contribution is 0.0755. The van der Waals surface area contributed by atoms with E-state index in [1.54, 1.807) is 30.4 Å². The van der Waals surface area contributed by atoms with Gasteiger partial charge >= 0.3 is 0 Å². The molecule has 6 nitrogen and oxygen atoms in total. The van der Waals surface area contributed by atoms with Crippen molar-refractivity contribution in [3.8, 4) is 0 Å². The summed E-state index contributed by atoms with van der Waals surface area (Å²) in [5, 5.41) is 0. The van der Waals surface area contributed by atoms with Crippen molar-refractivity contribution in [1.82, 2.24) is 19.8 Å². The Bertz CT molecular complexity index is 743. The zero-order valence-electron chi connectivity index (χ0n) is 16.4. The number of likely N-dealkylation sites (N-methyl/N-ethyl adjacent to an activating group) is 1. The van der Waals surface area contributed by atoms with Gasteiger partial charge in [-0.05, 0) is 43.0 Å². The highest BCUT2D eigenvalue weighted by Crippen LogP contribution is 2.11. The van der Waals surface area contributed by atoms with E-state index in [1.807, 2.05) is 30.9 Å². The Kier molecular flexibility index (Phi) is 7.92. The minimum Gasteiger partial charge on any atom is -0.341 e. The highest BCUT2D eigenvalue weighted by molar-refractivity contribution is 5.99. The Labute approximate surface area is 161 Å². The first-order chi connectivity index (χ1) is 13.1. The lowest BCUT2D eigenvalue weighted by Gasteiger charge is -2.22. The van der Waals surface area contributed by atoms with Crippen LogP contribution < -0.4 is 0 Å². The van der Waals surface area contributed by atoms with Gasteiger partial charge in [-0.1, -0.05) is 13.8 Å². The molecular weight excluding hydrogens is 340 g/mol. The van der Waals surface area contributed by atoms with Gasteiger partial charge in [-0.3, -0.25) is 19.6 Å². The van der Waals surface area contributed by atoms with Gasteiger partial charge < -0.3 is 9.80 Å². The van der Waals surface area contributed by atoms with E-state index in [0.29, 0.717) is 30.8 Å². The van der Waals surface area contributed by atoms with Crippen LogP contribution in [0.2, 0.25) is 0 Å². The number of hydrogen-bond acceptors (Lipinski definition) is 4. The van der Waals surface area contributed by atoms with Crippen molar-refractivity contribution < 1.29 is 9.59 Å². The van der Waals surface area contributed by atoms with E-state index >= 15 is 0 Å². The molecule has 0 unspecified atom stereocenters. The van der Waals surface area contributed by atoms with Crippen LogP contribution in [0.15, 0.2) is 43.0 Å². The molecular formula is C21H28N4O2. The molecule has 0 fully saturated rings. The molecule has 0 radical (unpaired) electrons. The van der Waals surface area contributed by atoms with Crippen molar-refractivity contribution in [2.45, 2.75) is 33.1 Å². The van der Waals surface area contributed by atoms with Crippen LogP contribution in [0.1, 0.15) is 53.0 Å². The maximum atomic E-state index is 12.7. The molecule has 0 bridgehead atoms. The van der Waals surface area contributed by atoms with Gasteiger partial charge in [0.2, 0.25) is 0 Å². The van der Waals surface area contributed by atoms with Gasteiger partial charge in [-0.2, -0.15) is 0 Å². The fourth-order valence-corrected chi connectivity index (χ4v) is 2.88. The minimum atomic E-state index is -0.135. The molecule has 0 atom stereocenters. The summed E-state index contributed by atoms with van der Waals surface area (Å²) in [7, 11) is 1.76. The summed E-state index contributed by atoms with van der Waals surface area (Å²) in [4.78, 5) is 37.0. The predicted octanol–water partition coefficient (Wildman–Crippen LogP) is 3.05. The van der Waals surface area contributed by atoms with E-state index in [4.69, 9.17) is 0 Å². The third-order valence-electron chi connectivity index (χ3n) is 4.34. The third kappa shape index (κ3) is 5.88. The average molecular weight is 368 g/mol. The quantitative estimate of drug-likeness (QED) is 0.682. The van der Waals surface area contributed by atoms with Crippen molar-refractivity contribution >= 4 is 11.8 Å². The summed E-state index contributed by atoms with van der Waals surface area (Å²) in [6.45, 7) is 6.09. The minimum absolute atomic E-state index is 0.0692. The van der Waals surface area contributed by atoms with Crippen LogP contribution in [-0.2, 0) is 6.42 Å². The Hall–Kier alpha value is -2.76. The molecule has 2 aromatic rings. The first-order valence-electron chi connectivity index (χ1n) is 9.45. The number of carbonyl (C=O) groups is 2. The number of nitrogens with zero attached hydrogens (tertiary/aromatic N) is 4. The molecule has 0 aliphatic carbocycles. The Balaban J connectivity index is 2.06. The van der Waals surface area contributed by atoms with Crippen LogP contribution in [0.5, 0.6) is 0 Å². The van der Waals surface area contributed by atoms with Crippen LogP contribution in [0.4, 0.5) is 0 Å². The standard InChI is InChI=1S/C21H28N4O2/c1-4-11-25(12-5-2)21(27)19-14-18(15-23-16-19)20(26)24(3)13-8-17-6-9-22-10-7-17/h6-7,9-10,14-16H,4-5,8,11-13H2,1-3H3. The molecule has 0 aliphatic rings. The maximum absolute atomic E-state index is 12.7.